The van der Waals surface area contributed by atoms with Crippen LogP contribution in [-0.2, 0) is 12.5 Å². The molecule has 0 aliphatic rings. The van der Waals surface area contributed by atoms with Crippen LogP contribution in [0.4, 0.5) is 0 Å². The molecule has 0 fully saturated rings. The first-order valence-electron chi connectivity index (χ1n) is 5.72. The molecule has 3 N–H and O–H groups in total. The first kappa shape index (κ1) is 13.1. The molecule has 2 heterocycles. The minimum Gasteiger partial charge on any atom is -0.275 e. The molecule has 0 aromatic carbocycles. The van der Waals surface area contributed by atoms with Gasteiger partial charge in [-0.05, 0) is 17.6 Å². The summed E-state index contributed by atoms with van der Waals surface area (Å²) in [4.78, 5) is 1.02. The Morgan fingerprint density at radius 1 is 1.44 bits per heavy atom. The zero-order valence-electron chi connectivity index (χ0n) is 11.0. The smallest absolute Gasteiger partial charge is 0.103 e. The second-order valence-electron chi connectivity index (χ2n) is 5.25. The average Bonchev–Trinajstić information content (AvgIpc) is 2.88. The van der Waals surface area contributed by atoms with Crippen LogP contribution in [0.2, 0.25) is 0 Å². The fraction of sp³-hybridized carbons (Fsp3) is 0.545. The fourth-order valence-electron chi connectivity index (χ4n) is 1.79. The Hall–Kier alpha value is -1.31. The summed E-state index contributed by atoms with van der Waals surface area (Å²) >= 11 is 1.36. The van der Waals surface area contributed by atoms with E-state index in [9.17, 15) is 0 Å². The zero-order valence-corrected chi connectivity index (χ0v) is 11.8. The fourth-order valence-corrected chi connectivity index (χ4v) is 2.73. The molecule has 98 valence electrons. The molecule has 2 aromatic rings. The molecule has 1 atom stereocenters. The highest BCUT2D eigenvalue weighted by Gasteiger charge is 2.28. The maximum Gasteiger partial charge on any atom is 0.103 e. The molecule has 2 aromatic heterocycles. The third-order valence-electron chi connectivity index (χ3n) is 2.68. The quantitative estimate of drug-likeness (QED) is 0.642. The summed E-state index contributed by atoms with van der Waals surface area (Å²) in [6.07, 6.45) is 1.89. The van der Waals surface area contributed by atoms with Gasteiger partial charge in [-0.15, -0.1) is 5.10 Å². The molecule has 0 saturated carbocycles. The largest absolute Gasteiger partial charge is 0.275 e. The highest BCUT2D eigenvalue weighted by Crippen LogP contribution is 2.32. The lowest BCUT2D eigenvalue weighted by molar-refractivity contribution is 0.538. The molecule has 0 bridgehead atoms. The highest BCUT2D eigenvalue weighted by molar-refractivity contribution is 7.05. The van der Waals surface area contributed by atoms with Gasteiger partial charge in [-0.2, -0.15) is 5.10 Å². The highest BCUT2D eigenvalue weighted by atomic mass is 32.1. The standard InChI is InChI=1S/C11H18N6S/c1-11(2,3)10-9(18-16-14-10)8(13-12)7-5-6-17(4)15-7/h5-6,8,13H,12H2,1-4H3. The minimum absolute atomic E-state index is 0.0633. The summed E-state index contributed by atoms with van der Waals surface area (Å²) < 4.78 is 5.81. The van der Waals surface area contributed by atoms with Gasteiger partial charge in [0.2, 0.25) is 0 Å². The second kappa shape index (κ2) is 4.75. The Morgan fingerprint density at radius 3 is 2.67 bits per heavy atom. The van der Waals surface area contributed by atoms with Crippen molar-refractivity contribution < 1.29 is 0 Å². The van der Waals surface area contributed by atoms with Gasteiger partial charge >= 0.3 is 0 Å². The topological polar surface area (TPSA) is 81.7 Å². The van der Waals surface area contributed by atoms with E-state index in [0.717, 1.165) is 16.3 Å². The zero-order chi connectivity index (χ0) is 13.3. The number of rotatable bonds is 3. The van der Waals surface area contributed by atoms with Crippen LogP contribution in [-0.4, -0.2) is 19.4 Å². The normalized spacial score (nSPS) is 13.8. The van der Waals surface area contributed by atoms with E-state index in [2.05, 4.69) is 40.9 Å². The van der Waals surface area contributed by atoms with E-state index < -0.39 is 0 Å². The van der Waals surface area contributed by atoms with Crippen molar-refractivity contribution in [3.8, 4) is 0 Å². The van der Waals surface area contributed by atoms with E-state index in [1.54, 1.807) is 4.68 Å². The summed E-state index contributed by atoms with van der Waals surface area (Å²) in [6, 6.07) is 1.77. The first-order chi connectivity index (χ1) is 8.43. The van der Waals surface area contributed by atoms with Crippen molar-refractivity contribution >= 4 is 11.5 Å². The molecule has 0 amide bonds. The molecule has 18 heavy (non-hydrogen) atoms. The summed E-state index contributed by atoms with van der Waals surface area (Å²) in [5, 5.41) is 8.61. The Balaban J connectivity index is 2.43. The van der Waals surface area contributed by atoms with Gasteiger partial charge in [-0.25, -0.2) is 5.43 Å². The van der Waals surface area contributed by atoms with Gasteiger partial charge in [0.1, 0.15) is 6.04 Å². The van der Waals surface area contributed by atoms with Gasteiger partial charge in [-0.1, -0.05) is 25.3 Å². The van der Waals surface area contributed by atoms with Gasteiger partial charge in [-0.3, -0.25) is 10.5 Å². The van der Waals surface area contributed by atoms with Gasteiger partial charge in [0.25, 0.3) is 0 Å². The van der Waals surface area contributed by atoms with Crippen molar-refractivity contribution in [2.75, 3.05) is 0 Å². The predicted molar refractivity (Wildman–Crippen MR) is 71.0 cm³/mol. The van der Waals surface area contributed by atoms with Crippen LogP contribution in [0.3, 0.4) is 0 Å². The van der Waals surface area contributed by atoms with Gasteiger partial charge in [0, 0.05) is 18.7 Å². The predicted octanol–water partition coefficient (Wildman–Crippen LogP) is 1.12. The number of hydrazine groups is 1. The van der Waals surface area contributed by atoms with E-state index >= 15 is 0 Å². The monoisotopic (exact) mass is 266 g/mol. The molecule has 0 spiro atoms. The molecule has 7 heteroatoms. The lowest BCUT2D eigenvalue weighted by Gasteiger charge is -2.20. The molecule has 2 rings (SSSR count). The lowest BCUT2D eigenvalue weighted by atomic mass is 9.89. The second-order valence-corrected chi connectivity index (χ2v) is 6.04. The molecule has 0 radical (unpaired) electrons. The van der Waals surface area contributed by atoms with E-state index in [1.165, 1.54) is 11.5 Å². The van der Waals surface area contributed by atoms with Crippen molar-refractivity contribution in [1.29, 1.82) is 0 Å². The third-order valence-corrected chi connectivity index (χ3v) is 3.47. The Labute approximate surface area is 110 Å². The van der Waals surface area contributed by atoms with Gasteiger partial charge in [0.05, 0.1) is 16.3 Å². The molecular weight excluding hydrogens is 248 g/mol. The summed E-state index contributed by atoms with van der Waals surface area (Å²) in [5.74, 6) is 5.67. The van der Waals surface area contributed by atoms with Crippen LogP contribution < -0.4 is 11.3 Å². The molecule has 1 unspecified atom stereocenters. The van der Waals surface area contributed by atoms with Crippen LogP contribution in [0.5, 0.6) is 0 Å². The number of nitrogens with one attached hydrogen (secondary N) is 1. The van der Waals surface area contributed by atoms with Crippen LogP contribution in [0, 0.1) is 0 Å². The Kier molecular flexibility index (Phi) is 3.47. The van der Waals surface area contributed by atoms with E-state index in [4.69, 9.17) is 5.84 Å². The first-order valence-corrected chi connectivity index (χ1v) is 6.49. The van der Waals surface area contributed by atoms with Crippen molar-refractivity contribution in [2.24, 2.45) is 12.9 Å². The van der Waals surface area contributed by atoms with Crippen LogP contribution in [0.1, 0.15) is 43.1 Å². The van der Waals surface area contributed by atoms with Crippen molar-refractivity contribution in [3.05, 3.63) is 28.5 Å². The van der Waals surface area contributed by atoms with Gasteiger partial charge in [0.15, 0.2) is 0 Å². The molecular formula is C11H18N6S. The minimum atomic E-state index is -0.166. The number of nitrogens with two attached hydrogens (primary N) is 1. The molecule has 6 nitrogen and oxygen atoms in total. The maximum atomic E-state index is 5.67. The van der Waals surface area contributed by atoms with Crippen LogP contribution in [0.25, 0.3) is 0 Å². The molecule has 0 saturated heterocycles. The van der Waals surface area contributed by atoms with Crippen LogP contribution >= 0.6 is 11.5 Å². The molecule has 0 aliphatic carbocycles. The Morgan fingerprint density at radius 2 is 2.17 bits per heavy atom. The van der Waals surface area contributed by atoms with Crippen molar-refractivity contribution in [3.63, 3.8) is 0 Å². The van der Waals surface area contributed by atoms with Crippen molar-refractivity contribution in [1.82, 2.24) is 24.8 Å². The maximum absolute atomic E-state index is 5.67. The van der Waals surface area contributed by atoms with Crippen LogP contribution in [0.15, 0.2) is 12.3 Å². The lowest BCUT2D eigenvalue weighted by Crippen LogP contribution is -2.30. The SMILES string of the molecule is Cn1ccc(C(NN)c2snnc2C(C)(C)C)n1. The van der Waals surface area contributed by atoms with E-state index in [1.807, 2.05) is 19.3 Å². The molecule has 0 aliphatic heterocycles. The number of hydrogen-bond donors (Lipinski definition) is 2. The average molecular weight is 266 g/mol. The number of aryl methyl sites for hydroxylation is 1. The van der Waals surface area contributed by atoms with Crippen molar-refractivity contribution in [2.45, 2.75) is 32.2 Å². The van der Waals surface area contributed by atoms with E-state index in [0.29, 0.717) is 0 Å². The third kappa shape index (κ3) is 2.43. The van der Waals surface area contributed by atoms with Gasteiger partial charge < -0.3 is 0 Å². The summed E-state index contributed by atoms with van der Waals surface area (Å²) in [7, 11) is 1.88. The Bertz CT molecular complexity index is 524. The van der Waals surface area contributed by atoms with E-state index in [-0.39, 0.29) is 11.5 Å². The number of hydrogen-bond acceptors (Lipinski definition) is 6. The number of nitrogens with zero attached hydrogens (tertiary/aromatic N) is 4. The number of aromatic nitrogens is 4. The summed E-state index contributed by atoms with van der Waals surface area (Å²) in [6.45, 7) is 6.33. The summed E-state index contributed by atoms with van der Waals surface area (Å²) in [5.41, 5.74) is 4.57.